The number of rotatable bonds is 5. The average Bonchev–Trinajstić information content (AvgIpc) is 2.12. The summed E-state index contributed by atoms with van der Waals surface area (Å²) in [5.41, 5.74) is -3.32. The van der Waals surface area contributed by atoms with E-state index in [1.54, 1.807) is 0 Å². The summed E-state index contributed by atoms with van der Waals surface area (Å²) in [5.74, 6) is -8.28. The Morgan fingerprint density at radius 3 is 1.68 bits per heavy atom. The Morgan fingerprint density at radius 1 is 1.05 bits per heavy atom. The van der Waals surface area contributed by atoms with Gasteiger partial charge in [-0.25, -0.2) is 18.4 Å². The molecule has 0 bridgehead atoms. The minimum atomic E-state index is -4.60. The molecule has 0 radical (unpaired) electrons. The van der Waals surface area contributed by atoms with E-state index >= 15 is 0 Å². The third kappa shape index (κ3) is 4.53. The number of carboxylic acid groups (broad SMARTS) is 2. The molecule has 0 amide bonds. The molecular formula is C11H14F4O4. The first-order valence-corrected chi connectivity index (χ1v) is 5.17. The lowest BCUT2D eigenvalue weighted by atomic mass is 9.81. The van der Waals surface area contributed by atoms with Crippen LogP contribution in [0.5, 0.6) is 0 Å². The van der Waals surface area contributed by atoms with Gasteiger partial charge in [-0.1, -0.05) is 20.8 Å². The maximum Gasteiger partial charge on any atom is 0.332 e. The van der Waals surface area contributed by atoms with Gasteiger partial charge in [-0.3, -0.25) is 0 Å². The SMILES string of the molecule is CC(C)(C)/C(C(=O)O)=C(/CC(F)(F)C(F)F)C(=O)O. The molecule has 8 heteroatoms. The Balaban J connectivity index is 5.90. The van der Waals surface area contributed by atoms with Crippen molar-refractivity contribution in [2.24, 2.45) is 5.41 Å². The largest absolute Gasteiger partial charge is 0.478 e. The molecule has 0 saturated heterocycles. The van der Waals surface area contributed by atoms with Gasteiger partial charge in [0.25, 0.3) is 0 Å². The van der Waals surface area contributed by atoms with E-state index in [1.807, 2.05) is 0 Å². The highest BCUT2D eigenvalue weighted by molar-refractivity contribution is 5.99. The van der Waals surface area contributed by atoms with E-state index in [-0.39, 0.29) is 0 Å². The van der Waals surface area contributed by atoms with Crippen LogP contribution >= 0.6 is 0 Å². The van der Waals surface area contributed by atoms with Gasteiger partial charge in [-0.2, -0.15) is 8.78 Å². The molecule has 110 valence electrons. The fourth-order valence-electron chi connectivity index (χ4n) is 1.49. The van der Waals surface area contributed by atoms with Crippen molar-refractivity contribution in [2.75, 3.05) is 0 Å². The molecule has 19 heavy (non-hydrogen) atoms. The fraction of sp³-hybridized carbons (Fsp3) is 0.636. The molecule has 0 fully saturated rings. The lowest BCUT2D eigenvalue weighted by Gasteiger charge is -2.24. The molecule has 4 nitrogen and oxygen atoms in total. The zero-order valence-corrected chi connectivity index (χ0v) is 10.5. The zero-order valence-electron chi connectivity index (χ0n) is 10.5. The van der Waals surface area contributed by atoms with E-state index in [0.29, 0.717) is 0 Å². The fourth-order valence-corrected chi connectivity index (χ4v) is 1.49. The average molecular weight is 286 g/mol. The summed E-state index contributed by atoms with van der Waals surface area (Å²) in [5, 5.41) is 17.7. The van der Waals surface area contributed by atoms with Crippen LogP contribution in [0.2, 0.25) is 0 Å². The van der Waals surface area contributed by atoms with Crippen LogP contribution in [0, 0.1) is 5.41 Å². The van der Waals surface area contributed by atoms with Crippen LogP contribution in [0.3, 0.4) is 0 Å². The third-order valence-corrected chi connectivity index (χ3v) is 2.26. The molecule has 0 aromatic rings. The highest BCUT2D eigenvalue weighted by Gasteiger charge is 2.45. The van der Waals surface area contributed by atoms with Crippen molar-refractivity contribution in [1.82, 2.24) is 0 Å². The molecule has 0 saturated carbocycles. The van der Waals surface area contributed by atoms with Gasteiger partial charge in [-0.15, -0.1) is 0 Å². The van der Waals surface area contributed by atoms with Crippen molar-refractivity contribution in [3.63, 3.8) is 0 Å². The van der Waals surface area contributed by atoms with Crippen molar-refractivity contribution in [3.05, 3.63) is 11.1 Å². The number of carbonyl (C=O) groups is 2. The first kappa shape index (κ1) is 17.4. The highest BCUT2D eigenvalue weighted by Crippen LogP contribution is 2.36. The quantitative estimate of drug-likeness (QED) is 0.602. The minimum absolute atomic E-state index is 0.819. The summed E-state index contributed by atoms with van der Waals surface area (Å²) in [6.07, 6.45) is -5.91. The highest BCUT2D eigenvalue weighted by atomic mass is 19.3. The molecule has 0 spiro atoms. The number of hydrogen-bond donors (Lipinski definition) is 2. The van der Waals surface area contributed by atoms with Crippen LogP contribution in [-0.4, -0.2) is 34.5 Å². The second-order valence-corrected chi connectivity index (χ2v) is 4.95. The summed E-state index contributed by atoms with van der Waals surface area (Å²) < 4.78 is 50.0. The van der Waals surface area contributed by atoms with Gasteiger partial charge in [0.15, 0.2) is 0 Å². The summed E-state index contributed by atoms with van der Waals surface area (Å²) in [6, 6.07) is 0. The smallest absolute Gasteiger partial charge is 0.332 e. The Bertz CT molecular complexity index is 407. The predicted molar refractivity (Wildman–Crippen MR) is 57.3 cm³/mol. The summed E-state index contributed by atoms with van der Waals surface area (Å²) in [6.45, 7) is 3.87. The number of aliphatic carboxylic acids is 2. The van der Waals surface area contributed by atoms with Gasteiger partial charge in [0, 0.05) is 0 Å². The van der Waals surface area contributed by atoms with Gasteiger partial charge in [0.1, 0.15) is 0 Å². The molecule has 0 atom stereocenters. The van der Waals surface area contributed by atoms with Crippen LogP contribution < -0.4 is 0 Å². The molecule has 0 aromatic carbocycles. The first-order chi connectivity index (χ1) is 8.30. The molecule has 0 aliphatic rings. The van der Waals surface area contributed by atoms with Gasteiger partial charge in [-0.05, 0) is 5.41 Å². The number of halogens is 4. The van der Waals surface area contributed by atoms with Crippen LogP contribution in [0.4, 0.5) is 17.6 Å². The Kier molecular flexibility index (Phi) is 5.11. The standard InChI is InChI=1S/C11H14F4O4/c1-10(2,3)6(8(18)19)5(7(16)17)4-11(14,15)9(12)13/h9H,4H2,1-3H3,(H,16,17)(H,18,19)/b6-5-. The van der Waals surface area contributed by atoms with Crippen LogP contribution in [0.25, 0.3) is 0 Å². The van der Waals surface area contributed by atoms with E-state index < -0.39 is 47.3 Å². The van der Waals surface area contributed by atoms with E-state index in [0.717, 1.165) is 0 Å². The van der Waals surface area contributed by atoms with Gasteiger partial charge < -0.3 is 10.2 Å². The van der Waals surface area contributed by atoms with Crippen molar-refractivity contribution < 1.29 is 37.4 Å². The van der Waals surface area contributed by atoms with Crippen LogP contribution in [-0.2, 0) is 9.59 Å². The van der Waals surface area contributed by atoms with Crippen LogP contribution in [0.15, 0.2) is 11.1 Å². The predicted octanol–water partition coefficient (Wildman–Crippen LogP) is 2.79. The number of carboxylic acids is 2. The summed E-state index contributed by atoms with van der Waals surface area (Å²) in [4.78, 5) is 21.9. The van der Waals surface area contributed by atoms with E-state index in [4.69, 9.17) is 10.2 Å². The second kappa shape index (κ2) is 5.58. The van der Waals surface area contributed by atoms with E-state index in [1.165, 1.54) is 20.8 Å². The zero-order chi connectivity index (χ0) is 15.6. The lowest BCUT2D eigenvalue weighted by molar-refractivity contribution is -0.143. The Labute approximate surface area is 106 Å². The van der Waals surface area contributed by atoms with Gasteiger partial charge in [0.2, 0.25) is 0 Å². The third-order valence-electron chi connectivity index (χ3n) is 2.26. The topological polar surface area (TPSA) is 74.6 Å². The maximum atomic E-state index is 12.9. The normalized spacial score (nSPS) is 14.3. The molecule has 0 unspecified atom stereocenters. The summed E-state index contributed by atoms with van der Waals surface area (Å²) in [7, 11) is 0. The van der Waals surface area contributed by atoms with Crippen molar-refractivity contribution in [3.8, 4) is 0 Å². The molecule has 0 aliphatic heterocycles. The minimum Gasteiger partial charge on any atom is -0.478 e. The second-order valence-electron chi connectivity index (χ2n) is 4.95. The van der Waals surface area contributed by atoms with Gasteiger partial charge in [0.05, 0.1) is 17.6 Å². The monoisotopic (exact) mass is 286 g/mol. The Hall–Kier alpha value is -1.60. The van der Waals surface area contributed by atoms with E-state index in [9.17, 15) is 27.2 Å². The molecule has 0 heterocycles. The maximum absolute atomic E-state index is 12.9. The van der Waals surface area contributed by atoms with Crippen molar-refractivity contribution in [2.45, 2.75) is 39.5 Å². The molecular weight excluding hydrogens is 272 g/mol. The molecule has 0 rings (SSSR count). The summed E-state index contributed by atoms with van der Waals surface area (Å²) >= 11 is 0. The number of hydrogen-bond acceptors (Lipinski definition) is 2. The van der Waals surface area contributed by atoms with E-state index in [2.05, 4.69) is 0 Å². The van der Waals surface area contributed by atoms with Crippen LogP contribution in [0.1, 0.15) is 27.2 Å². The van der Waals surface area contributed by atoms with Gasteiger partial charge >= 0.3 is 24.3 Å². The molecule has 2 N–H and O–H groups in total. The lowest BCUT2D eigenvalue weighted by Crippen LogP contribution is -2.31. The first-order valence-electron chi connectivity index (χ1n) is 5.17. The Morgan fingerprint density at radius 2 is 1.47 bits per heavy atom. The molecule has 0 aliphatic carbocycles. The number of alkyl halides is 4. The molecule has 0 aromatic heterocycles. The van der Waals surface area contributed by atoms with Crippen molar-refractivity contribution >= 4 is 11.9 Å². The van der Waals surface area contributed by atoms with Crippen molar-refractivity contribution in [1.29, 1.82) is 0 Å².